The minimum absolute atomic E-state index is 0.291. The second kappa shape index (κ2) is 7.43. The third-order valence-electron chi connectivity index (χ3n) is 7.63. The van der Waals surface area contributed by atoms with Crippen LogP contribution in [0.1, 0.15) is 63.5 Å². The van der Waals surface area contributed by atoms with E-state index in [1.165, 1.54) is 44.1 Å². The molecule has 0 spiro atoms. The van der Waals surface area contributed by atoms with Crippen LogP contribution in [0.25, 0.3) is 0 Å². The van der Waals surface area contributed by atoms with Gasteiger partial charge in [-0.1, -0.05) is 61.3 Å². The Kier molecular flexibility index (Phi) is 5.12. The lowest BCUT2D eigenvalue weighted by Crippen LogP contribution is -2.63. The Hall–Kier alpha value is -1.22. The van der Waals surface area contributed by atoms with Gasteiger partial charge in [0.25, 0.3) is 0 Å². The molecule has 0 heterocycles. The number of para-hydroxylation sites is 1. The van der Waals surface area contributed by atoms with Crippen molar-refractivity contribution in [2.75, 3.05) is 0 Å². The molecule has 0 amide bonds. The van der Waals surface area contributed by atoms with E-state index in [4.69, 9.17) is 27.9 Å². The summed E-state index contributed by atoms with van der Waals surface area (Å²) in [6.45, 7) is 6.40. The minimum Gasteiger partial charge on any atom is -0.489 e. The number of benzene rings is 2. The molecule has 160 valence electrons. The Labute approximate surface area is 190 Å². The Balaban J connectivity index is 1.29. The molecule has 4 fully saturated rings. The van der Waals surface area contributed by atoms with Gasteiger partial charge in [-0.3, -0.25) is 0 Å². The van der Waals surface area contributed by atoms with Gasteiger partial charge in [-0.15, -0.1) is 0 Å². The van der Waals surface area contributed by atoms with Crippen molar-refractivity contribution in [3.05, 3.63) is 63.6 Å². The first-order valence-corrected chi connectivity index (χ1v) is 11.9. The van der Waals surface area contributed by atoms with Gasteiger partial charge >= 0.3 is 0 Å². The Bertz CT molecular complexity index is 940. The van der Waals surface area contributed by atoms with Crippen molar-refractivity contribution in [3.8, 4) is 5.75 Å². The zero-order valence-corrected chi connectivity index (χ0v) is 19.5. The molecule has 1 N–H and O–H groups in total. The fraction of sp³-hybridized carbons (Fsp3) is 0.538. The maximum absolute atomic E-state index is 6.19. The molecule has 4 aliphatic rings. The molecule has 4 heteroatoms. The molecule has 2 aromatic carbocycles. The van der Waals surface area contributed by atoms with Gasteiger partial charge in [-0.2, -0.15) is 0 Å². The largest absolute Gasteiger partial charge is 0.489 e. The summed E-state index contributed by atoms with van der Waals surface area (Å²) in [4.78, 5) is 0. The first-order chi connectivity index (χ1) is 14.3. The summed E-state index contributed by atoms with van der Waals surface area (Å²) < 4.78 is 6.19. The summed E-state index contributed by atoms with van der Waals surface area (Å²) >= 11 is 12.2. The standard InChI is InChI=1S/C26H31Cl2NO/c1-24-10-19-11-25(2,15-24)17-26(12-19,16-24)29-13-20-5-3-4-6-23(20)30-14-18-7-8-21(27)22(28)9-18/h3-9,19,29H,10-17H2,1-2H3/t19?,24-,25+,26?. The van der Waals surface area contributed by atoms with Crippen molar-refractivity contribution in [2.24, 2.45) is 16.7 Å². The molecule has 2 unspecified atom stereocenters. The van der Waals surface area contributed by atoms with Crippen LogP contribution in [0, 0.1) is 16.7 Å². The lowest BCUT2D eigenvalue weighted by atomic mass is 9.43. The quantitative estimate of drug-likeness (QED) is 0.501. The predicted molar refractivity (Wildman–Crippen MR) is 124 cm³/mol. The fourth-order valence-electron chi connectivity index (χ4n) is 7.51. The molecule has 30 heavy (non-hydrogen) atoms. The average molecular weight is 444 g/mol. The third kappa shape index (κ3) is 3.99. The minimum atomic E-state index is 0.291. The molecule has 4 saturated carbocycles. The highest BCUT2D eigenvalue weighted by atomic mass is 35.5. The van der Waals surface area contributed by atoms with Crippen LogP contribution in [0.2, 0.25) is 10.0 Å². The van der Waals surface area contributed by atoms with Crippen LogP contribution >= 0.6 is 23.2 Å². The SMILES string of the molecule is C[C@]12CC3CC(NCc4ccccc4OCc4ccc(Cl)c(Cl)c4)(C1)C[C@@](C)(C3)C2. The second-order valence-electron chi connectivity index (χ2n) is 10.9. The molecule has 4 bridgehead atoms. The van der Waals surface area contributed by atoms with Crippen LogP contribution in [0.3, 0.4) is 0 Å². The lowest BCUT2D eigenvalue weighted by Gasteiger charge is -2.65. The van der Waals surface area contributed by atoms with Gasteiger partial charge in [0.1, 0.15) is 12.4 Å². The van der Waals surface area contributed by atoms with Gasteiger partial charge in [-0.25, -0.2) is 0 Å². The van der Waals surface area contributed by atoms with E-state index in [1.54, 1.807) is 0 Å². The van der Waals surface area contributed by atoms with Gasteiger partial charge < -0.3 is 10.1 Å². The number of rotatable bonds is 6. The van der Waals surface area contributed by atoms with Crippen molar-refractivity contribution in [1.82, 2.24) is 5.32 Å². The molecule has 0 saturated heterocycles. The number of halogens is 2. The van der Waals surface area contributed by atoms with Crippen LogP contribution in [0.4, 0.5) is 0 Å². The Morgan fingerprint density at radius 2 is 1.67 bits per heavy atom. The second-order valence-corrected chi connectivity index (χ2v) is 11.7. The third-order valence-corrected chi connectivity index (χ3v) is 8.37. The maximum atomic E-state index is 6.19. The van der Waals surface area contributed by atoms with E-state index in [0.717, 1.165) is 23.8 Å². The van der Waals surface area contributed by atoms with E-state index in [0.29, 0.717) is 33.0 Å². The summed E-state index contributed by atoms with van der Waals surface area (Å²) in [5, 5.41) is 5.17. The van der Waals surface area contributed by atoms with Crippen molar-refractivity contribution in [2.45, 2.75) is 71.1 Å². The van der Waals surface area contributed by atoms with Crippen LogP contribution in [-0.2, 0) is 13.2 Å². The first kappa shape index (κ1) is 20.7. The Morgan fingerprint density at radius 1 is 0.933 bits per heavy atom. The van der Waals surface area contributed by atoms with Crippen LogP contribution in [0.5, 0.6) is 5.75 Å². The van der Waals surface area contributed by atoms with E-state index in [1.807, 2.05) is 24.3 Å². The van der Waals surface area contributed by atoms with Crippen LogP contribution < -0.4 is 10.1 Å². The topological polar surface area (TPSA) is 21.3 Å². The number of hydrogen-bond donors (Lipinski definition) is 1. The zero-order valence-electron chi connectivity index (χ0n) is 17.9. The molecule has 4 atom stereocenters. The molecule has 4 aliphatic carbocycles. The molecule has 0 aliphatic heterocycles. The zero-order chi connectivity index (χ0) is 21.0. The van der Waals surface area contributed by atoms with Crippen molar-refractivity contribution < 1.29 is 4.74 Å². The highest BCUT2D eigenvalue weighted by Crippen LogP contribution is 2.66. The normalized spacial score (nSPS) is 34.3. The summed E-state index contributed by atoms with van der Waals surface area (Å²) in [5.41, 5.74) is 3.58. The molecular formula is C26H31Cl2NO. The van der Waals surface area contributed by atoms with Crippen molar-refractivity contribution in [1.29, 1.82) is 0 Å². The van der Waals surface area contributed by atoms with E-state index in [-0.39, 0.29) is 0 Å². The molecule has 2 nitrogen and oxygen atoms in total. The smallest absolute Gasteiger partial charge is 0.124 e. The summed E-state index contributed by atoms with van der Waals surface area (Å²) in [6.07, 6.45) is 8.23. The van der Waals surface area contributed by atoms with Crippen molar-refractivity contribution in [3.63, 3.8) is 0 Å². The maximum Gasteiger partial charge on any atom is 0.124 e. The number of ether oxygens (including phenoxy) is 1. The highest BCUT2D eigenvalue weighted by Gasteiger charge is 2.59. The van der Waals surface area contributed by atoms with E-state index < -0.39 is 0 Å². The van der Waals surface area contributed by atoms with E-state index in [2.05, 4.69) is 37.4 Å². The van der Waals surface area contributed by atoms with E-state index in [9.17, 15) is 0 Å². The average Bonchev–Trinajstić information content (AvgIpc) is 2.65. The fourth-order valence-corrected chi connectivity index (χ4v) is 7.83. The molecule has 0 aromatic heterocycles. The molecule has 2 aromatic rings. The monoisotopic (exact) mass is 443 g/mol. The van der Waals surface area contributed by atoms with Gasteiger partial charge in [0.15, 0.2) is 0 Å². The van der Waals surface area contributed by atoms with Gasteiger partial charge in [0, 0.05) is 17.6 Å². The summed E-state index contributed by atoms with van der Waals surface area (Å²) in [6, 6.07) is 14.1. The van der Waals surface area contributed by atoms with Gasteiger partial charge in [0.2, 0.25) is 0 Å². The van der Waals surface area contributed by atoms with Gasteiger partial charge in [0.05, 0.1) is 10.0 Å². The lowest BCUT2D eigenvalue weighted by molar-refractivity contribution is -0.118. The van der Waals surface area contributed by atoms with E-state index >= 15 is 0 Å². The first-order valence-electron chi connectivity index (χ1n) is 11.2. The molecular weight excluding hydrogens is 413 g/mol. The highest BCUT2D eigenvalue weighted by molar-refractivity contribution is 6.42. The number of nitrogens with one attached hydrogen (secondary N) is 1. The van der Waals surface area contributed by atoms with Crippen molar-refractivity contribution >= 4 is 23.2 Å². The summed E-state index contributed by atoms with van der Waals surface area (Å²) in [7, 11) is 0. The summed E-state index contributed by atoms with van der Waals surface area (Å²) in [5.74, 6) is 1.84. The predicted octanol–water partition coefficient (Wildman–Crippen LogP) is 7.41. The van der Waals surface area contributed by atoms with Gasteiger partial charge in [-0.05, 0) is 79.0 Å². The molecule has 6 rings (SSSR count). The van der Waals surface area contributed by atoms with Crippen LogP contribution in [-0.4, -0.2) is 5.54 Å². The number of hydrogen-bond acceptors (Lipinski definition) is 2. The van der Waals surface area contributed by atoms with Crippen LogP contribution in [0.15, 0.2) is 42.5 Å². The Morgan fingerprint density at radius 3 is 2.37 bits per heavy atom. The molecule has 0 radical (unpaired) electrons.